The standard InChI is InChI=1S/C17H21N5O2S/c1-13-7-5-6-8-16(13)22-11-15(9-18-22)10-21(4)25(23,24)17-12-20(3)14(2)19-17/h5-9,11-12H,10H2,1-4H3. The molecule has 132 valence electrons. The van der Waals surface area contributed by atoms with E-state index in [-0.39, 0.29) is 11.6 Å². The average molecular weight is 359 g/mol. The van der Waals surface area contributed by atoms with E-state index in [0.717, 1.165) is 16.8 Å². The number of rotatable bonds is 5. The second-order valence-corrected chi connectivity index (χ2v) is 8.07. The fraction of sp³-hybridized carbons (Fsp3) is 0.294. The Hall–Kier alpha value is -2.45. The van der Waals surface area contributed by atoms with Gasteiger partial charge in [0.2, 0.25) is 0 Å². The molecule has 8 heteroatoms. The van der Waals surface area contributed by atoms with Crippen LogP contribution >= 0.6 is 0 Å². The molecule has 0 saturated carbocycles. The summed E-state index contributed by atoms with van der Waals surface area (Å²) in [6.07, 6.45) is 5.05. The minimum Gasteiger partial charge on any atom is -0.337 e. The first-order valence-corrected chi connectivity index (χ1v) is 9.29. The Bertz CT molecular complexity index is 984. The van der Waals surface area contributed by atoms with Crippen LogP contribution in [-0.4, -0.2) is 39.1 Å². The van der Waals surface area contributed by atoms with Crippen LogP contribution in [0, 0.1) is 13.8 Å². The fourth-order valence-electron chi connectivity index (χ4n) is 2.55. The van der Waals surface area contributed by atoms with Crippen LogP contribution < -0.4 is 0 Å². The SMILES string of the molecule is Cc1ccccc1-n1cc(CN(C)S(=O)(=O)c2cn(C)c(C)n2)cn1. The summed E-state index contributed by atoms with van der Waals surface area (Å²) in [7, 11) is -0.321. The summed E-state index contributed by atoms with van der Waals surface area (Å²) in [5.41, 5.74) is 2.88. The van der Waals surface area contributed by atoms with Crippen molar-refractivity contribution in [1.82, 2.24) is 23.6 Å². The topological polar surface area (TPSA) is 73.0 Å². The number of imidazole rings is 1. The van der Waals surface area contributed by atoms with Gasteiger partial charge in [0, 0.05) is 38.6 Å². The van der Waals surface area contributed by atoms with Gasteiger partial charge in [-0.05, 0) is 25.5 Å². The Morgan fingerprint density at radius 1 is 1.16 bits per heavy atom. The molecule has 1 aromatic carbocycles. The molecule has 0 aliphatic rings. The lowest BCUT2D eigenvalue weighted by molar-refractivity contribution is 0.464. The molecule has 0 N–H and O–H groups in total. The normalized spacial score (nSPS) is 12.0. The monoisotopic (exact) mass is 359 g/mol. The van der Waals surface area contributed by atoms with Crippen molar-refractivity contribution >= 4 is 10.0 Å². The minimum absolute atomic E-state index is 0.0568. The van der Waals surface area contributed by atoms with Gasteiger partial charge in [0.15, 0.2) is 5.03 Å². The minimum atomic E-state index is -3.64. The molecule has 3 aromatic rings. The first-order chi connectivity index (χ1) is 11.8. The molecule has 2 aromatic heterocycles. The molecule has 25 heavy (non-hydrogen) atoms. The van der Waals surface area contributed by atoms with Gasteiger partial charge in [-0.25, -0.2) is 18.1 Å². The van der Waals surface area contributed by atoms with Crippen LogP contribution in [0.2, 0.25) is 0 Å². The molecule has 3 rings (SSSR count). The van der Waals surface area contributed by atoms with E-state index in [9.17, 15) is 8.42 Å². The first-order valence-electron chi connectivity index (χ1n) is 7.85. The highest BCUT2D eigenvalue weighted by Crippen LogP contribution is 2.17. The van der Waals surface area contributed by atoms with Crippen molar-refractivity contribution in [3.05, 3.63) is 59.8 Å². The van der Waals surface area contributed by atoms with E-state index in [2.05, 4.69) is 10.1 Å². The molecular weight excluding hydrogens is 338 g/mol. The molecule has 0 atom stereocenters. The van der Waals surface area contributed by atoms with Gasteiger partial charge < -0.3 is 4.57 Å². The van der Waals surface area contributed by atoms with Crippen LogP contribution in [-0.2, 0) is 23.6 Å². The van der Waals surface area contributed by atoms with Gasteiger partial charge in [0.25, 0.3) is 10.0 Å². The Labute approximate surface area is 147 Å². The number of benzene rings is 1. The molecule has 7 nitrogen and oxygen atoms in total. The summed E-state index contributed by atoms with van der Waals surface area (Å²) >= 11 is 0. The summed E-state index contributed by atoms with van der Waals surface area (Å²) in [5, 5.41) is 4.41. The van der Waals surface area contributed by atoms with Crippen molar-refractivity contribution in [2.45, 2.75) is 25.4 Å². The molecule has 0 aliphatic heterocycles. The zero-order valence-corrected chi connectivity index (χ0v) is 15.5. The molecule has 0 saturated heterocycles. The van der Waals surface area contributed by atoms with E-state index in [0.29, 0.717) is 5.82 Å². The van der Waals surface area contributed by atoms with Crippen LogP contribution in [0.15, 0.2) is 47.9 Å². The van der Waals surface area contributed by atoms with Gasteiger partial charge in [-0.2, -0.15) is 9.40 Å². The Balaban J connectivity index is 1.82. The second-order valence-electron chi connectivity index (χ2n) is 6.08. The van der Waals surface area contributed by atoms with E-state index in [1.807, 2.05) is 37.4 Å². The van der Waals surface area contributed by atoms with E-state index >= 15 is 0 Å². The predicted octanol–water partition coefficient (Wildman–Crippen LogP) is 2.04. The first kappa shape index (κ1) is 17.4. The maximum Gasteiger partial charge on any atom is 0.262 e. The van der Waals surface area contributed by atoms with Crippen molar-refractivity contribution in [1.29, 1.82) is 0 Å². The molecule has 0 aliphatic carbocycles. The van der Waals surface area contributed by atoms with E-state index in [4.69, 9.17) is 0 Å². The Kier molecular flexibility index (Phi) is 4.49. The number of sulfonamides is 1. The smallest absolute Gasteiger partial charge is 0.262 e. The van der Waals surface area contributed by atoms with Crippen LogP contribution in [0.25, 0.3) is 5.69 Å². The maximum atomic E-state index is 12.7. The van der Waals surface area contributed by atoms with Crippen LogP contribution in [0.3, 0.4) is 0 Å². The van der Waals surface area contributed by atoms with Gasteiger partial charge in [-0.15, -0.1) is 0 Å². The molecule has 0 amide bonds. The van der Waals surface area contributed by atoms with Crippen molar-refractivity contribution in [2.75, 3.05) is 7.05 Å². The summed E-state index contributed by atoms with van der Waals surface area (Å²) in [6.45, 7) is 4.01. The van der Waals surface area contributed by atoms with Crippen LogP contribution in [0.1, 0.15) is 17.0 Å². The number of hydrogen-bond acceptors (Lipinski definition) is 4. The zero-order chi connectivity index (χ0) is 18.2. The average Bonchev–Trinajstić information content (AvgIpc) is 3.15. The molecule has 0 fully saturated rings. The molecule has 0 bridgehead atoms. The Morgan fingerprint density at radius 3 is 2.52 bits per heavy atom. The van der Waals surface area contributed by atoms with Gasteiger partial charge in [0.05, 0.1) is 11.9 Å². The van der Waals surface area contributed by atoms with E-state index < -0.39 is 10.0 Å². The van der Waals surface area contributed by atoms with Crippen LogP contribution in [0.4, 0.5) is 0 Å². The summed E-state index contributed by atoms with van der Waals surface area (Å²) in [6, 6.07) is 7.90. The van der Waals surface area contributed by atoms with E-state index in [1.54, 1.807) is 36.5 Å². The second kappa shape index (κ2) is 6.45. The molecular formula is C17H21N5O2S. The van der Waals surface area contributed by atoms with Gasteiger partial charge in [-0.1, -0.05) is 18.2 Å². The number of nitrogens with zero attached hydrogens (tertiary/aromatic N) is 5. The lowest BCUT2D eigenvalue weighted by Gasteiger charge is -2.14. The highest BCUT2D eigenvalue weighted by atomic mass is 32.2. The highest BCUT2D eigenvalue weighted by Gasteiger charge is 2.24. The predicted molar refractivity (Wildman–Crippen MR) is 94.9 cm³/mol. The summed E-state index contributed by atoms with van der Waals surface area (Å²) < 4.78 is 30.0. The third kappa shape index (κ3) is 3.35. The third-order valence-corrected chi connectivity index (χ3v) is 5.84. The molecule has 0 unspecified atom stereocenters. The summed E-state index contributed by atoms with van der Waals surface area (Å²) in [4.78, 5) is 4.12. The maximum absolute atomic E-state index is 12.7. The van der Waals surface area contributed by atoms with Crippen LogP contribution in [0.5, 0.6) is 0 Å². The van der Waals surface area contributed by atoms with Crippen molar-refractivity contribution in [2.24, 2.45) is 7.05 Å². The fourth-order valence-corrected chi connectivity index (χ4v) is 3.72. The molecule has 0 spiro atoms. The Morgan fingerprint density at radius 2 is 1.88 bits per heavy atom. The lowest BCUT2D eigenvalue weighted by Crippen LogP contribution is -2.26. The zero-order valence-electron chi connectivity index (χ0n) is 14.7. The van der Waals surface area contributed by atoms with Gasteiger partial charge in [-0.3, -0.25) is 0 Å². The molecule has 0 radical (unpaired) electrons. The number of para-hydroxylation sites is 1. The quantitative estimate of drug-likeness (QED) is 0.699. The highest BCUT2D eigenvalue weighted by molar-refractivity contribution is 7.89. The van der Waals surface area contributed by atoms with Crippen molar-refractivity contribution < 1.29 is 8.42 Å². The van der Waals surface area contributed by atoms with Gasteiger partial charge in [0.1, 0.15) is 5.82 Å². The molecule has 2 heterocycles. The number of aryl methyl sites for hydroxylation is 3. The van der Waals surface area contributed by atoms with Crippen molar-refractivity contribution in [3.8, 4) is 5.69 Å². The number of hydrogen-bond donors (Lipinski definition) is 0. The summed E-state index contributed by atoms with van der Waals surface area (Å²) in [5.74, 6) is 0.652. The number of aromatic nitrogens is 4. The van der Waals surface area contributed by atoms with Gasteiger partial charge >= 0.3 is 0 Å². The van der Waals surface area contributed by atoms with E-state index in [1.165, 1.54) is 10.5 Å². The largest absolute Gasteiger partial charge is 0.337 e. The lowest BCUT2D eigenvalue weighted by atomic mass is 10.2. The van der Waals surface area contributed by atoms with Crippen molar-refractivity contribution in [3.63, 3.8) is 0 Å². The third-order valence-electron chi connectivity index (χ3n) is 4.16.